The van der Waals surface area contributed by atoms with Crippen LogP contribution in [-0.4, -0.2) is 40.5 Å². The van der Waals surface area contributed by atoms with Crippen molar-refractivity contribution >= 4 is 11.7 Å². The van der Waals surface area contributed by atoms with Crippen molar-refractivity contribution in [2.75, 3.05) is 25.4 Å². The number of aryl methyl sites for hydroxylation is 1. The first-order chi connectivity index (χ1) is 12.7. The standard InChI is InChI=1S/C20H26N4O2/c1-2-26-17-7-5-15(6-8-17)3-4-16-9-13-24(14-10-16)20(25)18-19(21)23-12-11-22-18/h5-8,11-12,16H,2-4,9-10,13-14H2,1H3,(H2,21,23). The number of ether oxygens (including phenoxy) is 1. The molecule has 1 aliphatic rings. The molecule has 3 rings (SSSR count). The molecule has 0 radical (unpaired) electrons. The molecule has 138 valence electrons. The molecule has 0 unspecified atom stereocenters. The van der Waals surface area contributed by atoms with Gasteiger partial charge in [-0.3, -0.25) is 4.79 Å². The first-order valence-electron chi connectivity index (χ1n) is 9.25. The third-order valence-electron chi connectivity index (χ3n) is 4.91. The second kappa shape index (κ2) is 8.65. The summed E-state index contributed by atoms with van der Waals surface area (Å²) in [5.74, 6) is 1.66. The van der Waals surface area contributed by atoms with Crippen LogP contribution in [0.1, 0.15) is 42.2 Å². The number of hydrogen-bond acceptors (Lipinski definition) is 5. The number of aromatic nitrogens is 2. The summed E-state index contributed by atoms with van der Waals surface area (Å²) in [6, 6.07) is 8.35. The second-order valence-electron chi connectivity index (χ2n) is 6.64. The highest BCUT2D eigenvalue weighted by Crippen LogP contribution is 2.24. The van der Waals surface area contributed by atoms with Gasteiger partial charge in [0.25, 0.3) is 5.91 Å². The van der Waals surface area contributed by atoms with E-state index in [0.29, 0.717) is 12.5 Å². The number of nitrogens with zero attached hydrogens (tertiary/aromatic N) is 3. The van der Waals surface area contributed by atoms with Crippen LogP contribution < -0.4 is 10.5 Å². The quantitative estimate of drug-likeness (QED) is 0.862. The molecule has 0 atom stereocenters. The van der Waals surface area contributed by atoms with Crippen molar-refractivity contribution in [2.45, 2.75) is 32.6 Å². The zero-order chi connectivity index (χ0) is 18.4. The summed E-state index contributed by atoms with van der Waals surface area (Å²) in [6.07, 6.45) is 7.24. The summed E-state index contributed by atoms with van der Waals surface area (Å²) < 4.78 is 5.48. The molecule has 1 aromatic heterocycles. The van der Waals surface area contributed by atoms with Crippen molar-refractivity contribution in [1.29, 1.82) is 0 Å². The molecule has 2 N–H and O–H groups in total. The minimum absolute atomic E-state index is 0.111. The molecule has 2 heterocycles. The number of carbonyl (C=O) groups is 1. The first-order valence-corrected chi connectivity index (χ1v) is 9.25. The Balaban J connectivity index is 1.46. The second-order valence-corrected chi connectivity index (χ2v) is 6.64. The number of amides is 1. The van der Waals surface area contributed by atoms with Gasteiger partial charge in [0.1, 0.15) is 5.75 Å². The highest BCUT2D eigenvalue weighted by atomic mass is 16.5. The number of anilines is 1. The number of benzene rings is 1. The lowest BCUT2D eigenvalue weighted by molar-refractivity contribution is 0.0681. The predicted octanol–water partition coefficient (Wildman–Crippen LogP) is 2.94. The van der Waals surface area contributed by atoms with Crippen molar-refractivity contribution in [3.8, 4) is 5.75 Å². The van der Waals surface area contributed by atoms with E-state index in [-0.39, 0.29) is 17.4 Å². The molecule has 0 bridgehead atoms. The Kier molecular flexibility index (Phi) is 6.04. The topological polar surface area (TPSA) is 81.3 Å². The Hall–Kier alpha value is -2.63. The van der Waals surface area contributed by atoms with Crippen LogP contribution in [0.4, 0.5) is 5.82 Å². The molecule has 0 aliphatic carbocycles. The van der Waals surface area contributed by atoms with Gasteiger partial charge in [-0.25, -0.2) is 9.97 Å². The summed E-state index contributed by atoms with van der Waals surface area (Å²) in [7, 11) is 0. The average molecular weight is 354 g/mol. The summed E-state index contributed by atoms with van der Waals surface area (Å²) in [5.41, 5.74) is 7.36. The Morgan fingerprint density at radius 3 is 2.54 bits per heavy atom. The zero-order valence-electron chi connectivity index (χ0n) is 15.2. The van der Waals surface area contributed by atoms with Crippen LogP contribution in [0, 0.1) is 5.92 Å². The fourth-order valence-electron chi connectivity index (χ4n) is 3.38. The number of carbonyl (C=O) groups excluding carboxylic acids is 1. The molecule has 1 amide bonds. The van der Waals surface area contributed by atoms with Crippen molar-refractivity contribution in [1.82, 2.24) is 14.9 Å². The normalized spacial score (nSPS) is 15.0. The highest BCUT2D eigenvalue weighted by Gasteiger charge is 2.25. The average Bonchev–Trinajstić information content (AvgIpc) is 2.68. The van der Waals surface area contributed by atoms with Gasteiger partial charge in [-0.1, -0.05) is 12.1 Å². The van der Waals surface area contributed by atoms with Gasteiger partial charge in [0.05, 0.1) is 6.61 Å². The van der Waals surface area contributed by atoms with Crippen molar-refractivity contribution in [2.24, 2.45) is 5.92 Å². The maximum Gasteiger partial charge on any atom is 0.276 e. The molecule has 1 saturated heterocycles. The van der Waals surface area contributed by atoms with Gasteiger partial charge in [-0.15, -0.1) is 0 Å². The predicted molar refractivity (Wildman–Crippen MR) is 101 cm³/mol. The van der Waals surface area contributed by atoms with Gasteiger partial charge in [0.2, 0.25) is 0 Å². The van der Waals surface area contributed by atoms with E-state index in [2.05, 4.69) is 22.1 Å². The van der Waals surface area contributed by atoms with Crippen LogP contribution in [-0.2, 0) is 6.42 Å². The third-order valence-corrected chi connectivity index (χ3v) is 4.91. The summed E-state index contributed by atoms with van der Waals surface area (Å²) >= 11 is 0. The molecule has 1 aliphatic heterocycles. The van der Waals surface area contributed by atoms with Gasteiger partial charge in [-0.05, 0) is 56.2 Å². The van der Waals surface area contributed by atoms with Crippen LogP contribution in [0.2, 0.25) is 0 Å². The molecular formula is C20H26N4O2. The van der Waals surface area contributed by atoms with E-state index in [1.807, 2.05) is 24.0 Å². The van der Waals surface area contributed by atoms with E-state index in [1.165, 1.54) is 18.0 Å². The van der Waals surface area contributed by atoms with Gasteiger partial charge >= 0.3 is 0 Å². The fraction of sp³-hybridized carbons (Fsp3) is 0.450. The van der Waals surface area contributed by atoms with Crippen molar-refractivity contribution in [3.63, 3.8) is 0 Å². The Morgan fingerprint density at radius 1 is 1.19 bits per heavy atom. The minimum atomic E-state index is -0.111. The van der Waals surface area contributed by atoms with Crippen LogP contribution >= 0.6 is 0 Å². The first kappa shape index (κ1) is 18.2. The van der Waals surface area contributed by atoms with Crippen LogP contribution in [0.3, 0.4) is 0 Å². The smallest absolute Gasteiger partial charge is 0.276 e. The Bertz CT molecular complexity index is 725. The van der Waals surface area contributed by atoms with Crippen LogP contribution in [0.15, 0.2) is 36.7 Å². The molecule has 1 aromatic carbocycles. The van der Waals surface area contributed by atoms with Crippen molar-refractivity contribution < 1.29 is 9.53 Å². The zero-order valence-corrected chi connectivity index (χ0v) is 15.2. The van der Waals surface area contributed by atoms with Gasteiger partial charge < -0.3 is 15.4 Å². The molecule has 0 saturated carbocycles. The minimum Gasteiger partial charge on any atom is -0.494 e. The molecule has 6 nitrogen and oxygen atoms in total. The van der Waals surface area contributed by atoms with E-state index in [0.717, 1.165) is 44.5 Å². The Labute approximate surface area is 154 Å². The molecule has 1 fully saturated rings. The van der Waals surface area contributed by atoms with Crippen LogP contribution in [0.25, 0.3) is 0 Å². The van der Waals surface area contributed by atoms with E-state index >= 15 is 0 Å². The van der Waals surface area contributed by atoms with Gasteiger partial charge in [-0.2, -0.15) is 0 Å². The van der Waals surface area contributed by atoms with Gasteiger partial charge in [0.15, 0.2) is 11.5 Å². The number of hydrogen-bond donors (Lipinski definition) is 1. The third kappa shape index (κ3) is 4.50. The summed E-state index contributed by atoms with van der Waals surface area (Å²) in [5, 5.41) is 0. The summed E-state index contributed by atoms with van der Waals surface area (Å²) in [6.45, 7) is 4.19. The van der Waals surface area contributed by atoms with E-state index in [9.17, 15) is 4.79 Å². The molecule has 0 spiro atoms. The van der Waals surface area contributed by atoms with Gasteiger partial charge in [0, 0.05) is 25.5 Å². The van der Waals surface area contributed by atoms with E-state index < -0.39 is 0 Å². The number of piperidine rings is 1. The lowest BCUT2D eigenvalue weighted by Gasteiger charge is -2.32. The fourth-order valence-corrected chi connectivity index (χ4v) is 3.38. The maximum absolute atomic E-state index is 12.5. The summed E-state index contributed by atoms with van der Waals surface area (Å²) in [4.78, 5) is 22.4. The Morgan fingerprint density at radius 2 is 1.88 bits per heavy atom. The van der Waals surface area contributed by atoms with E-state index in [1.54, 1.807) is 0 Å². The molecular weight excluding hydrogens is 328 g/mol. The SMILES string of the molecule is CCOc1ccc(CCC2CCN(C(=O)c3nccnc3N)CC2)cc1. The maximum atomic E-state index is 12.5. The highest BCUT2D eigenvalue weighted by molar-refractivity contribution is 5.96. The molecule has 26 heavy (non-hydrogen) atoms. The largest absolute Gasteiger partial charge is 0.494 e. The van der Waals surface area contributed by atoms with Crippen molar-refractivity contribution in [3.05, 3.63) is 47.9 Å². The molecule has 6 heteroatoms. The molecule has 2 aromatic rings. The van der Waals surface area contributed by atoms with Crippen LogP contribution in [0.5, 0.6) is 5.75 Å². The monoisotopic (exact) mass is 354 g/mol. The number of nitrogens with two attached hydrogens (primary N) is 1. The number of nitrogen functional groups attached to an aromatic ring is 1. The lowest BCUT2D eigenvalue weighted by Crippen LogP contribution is -2.39. The number of likely N-dealkylation sites (tertiary alicyclic amines) is 1. The lowest BCUT2D eigenvalue weighted by atomic mass is 9.90. The van der Waals surface area contributed by atoms with E-state index in [4.69, 9.17) is 10.5 Å². The number of rotatable bonds is 6.